The number of hydrogen-bond donors (Lipinski definition) is 2. The van der Waals surface area contributed by atoms with Gasteiger partial charge >= 0.3 is 0 Å². The van der Waals surface area contributed by atoms with E-state index in [0.29, 0.717) is 0 Å². The van der Waals surface area contributed by atoms with Crippen LogP contribution in [0.25, 0.3) is 0 Å². The van der Waals surface area contributed by atoms with Crippen LogP contribution in [0.3, 0.4) is 0 Å². The van der Waals surface area contributed by atoms with Gasteiger partial charge in [0.2, 0.25) is 0 Å². The molecule has 2 atom stereocenters. The third-order valence-corrected chi connectivity index (χ3v) is 3.24. The third kappa shape index (κ3) is 3.23. The van der Waals surface area contributed by atoms with Crippen LogP contribution in [0, 0.1) is 5.82 Å². The molecule has 1 saturated heterocycles. The number of nitrogens with zero attached hydrogens (tertiary/aromatic N) is 1. The molecule has 3 nitrogen and oxygen atoms in total. The number of nitrogens with one attached hydrogen (secondary N) is 1. The van der Waals surface area contributed by atoms with E-state index in [1.165, 1.54) is 6.20 Å². The highest BCUT2D eigenvalue weighted by Gasteiger charge is 2.20. The van der Waals surface area contributed by atoms with Crippen LogP contribution in [-0.4, -0.2) is 17.6 Å². The van der Waals surface area contributed by atoms with Gasteiger partial charge in [-0.15, -0.1) is 0 Å². The number of aromatic nitrogens is 1. The van der Waals surface area contributed by atoms with Crippen molar-refractivity contribution in [3.05, 3.63) is 29.3 Å². The van der Waals surface area contributed by atoms with Gasteiger partial charge in [0.1, 0.15) is 5.82 Å². The highest BCUT2D eigenvalue weighted by molar-refractivity contribution is 5.25. The van der Waals surface area contributed by atoms with Gasteiger partial charge < -0.3 is 11.1 Å². The van der Waals surface area contributed by atoms with Gasteiger partial charge in [-0.3, -0.25) is 4.98 Å². The average Bonchev–Trinajstić information content (AvgIpc) is 2.80. The monoisotopic (exact) mass is 237 g/mol. The van der Waals surface area contributed by atoms with Crippen molar-refractivity contribution in [3.8, 4) is 0 Å². The Balaban J connectivity index is 2.17. The van der Waals surface area contributed by atoms with E-state index in [9.17, 15) is 4.39 Å². The maximum atomic E-state index is 13.3. The summed E-state index contributed by atoms with van der Waals surface area (Å²) in [5.74, 6) is -0.252. The van der Waals surface area contributed by atoms with Gasteiger partial charge in [-0.05, 0) is 50.8 Å². The Hall–Kier alpha value is -1.00. The maximum Gasteiger partial charge on any atom is 0.141 e. The van der Waals surface area contributed by atoms with Crippen LogP contribution in [0.5, 0.6) is 0 Å². The fourth-order valence-corrected chi connectivity index (χ4v) is 2.31. The van der Waals surface area contributed by atoms with E-state index in [1.807, 2.05) is 6.92 Å². The normalized spacial score (nSPS) is 21.7. The molecule has 94 valence electrons. The second-order valence-corrected chi connectivity index (χ2v) is 4.85. The van der Waals surface area contributed by atoms with Crippen molar-refractivity contribution in [2.45, 2.75) is 44.7 Å². The summed E-state index contributed by atoms with van der Waals surface area (Å²) in [5.41, 5.74) is 7.76. The molecular formula is C13H20FN3. The number of rotatable bonds is 4. The van der Waals surface area contributed by atoms with Crippen LogP contribution in [-0.2, 0) is 6.42 Å². The Morgan fingerprint density at radius 2 is 2.47 bits per heavy atom. The molecule has 0 amide bonds. The fraction of sp³-hybridized carbons (Fsp3) is 0.615. The topological polar surface area (TPSA) is 50.9 Å². The molecule has 2 heterocycles. The van der Waals surface area contributed by atoms with Crippen LogP contribution >= 0.6 is 0 Å². The number of pyridine rings is 1. The van der Waals surface area contributed by atoms with Crippen molar-refractivity contribution in [1.82, 2.24) is 10.3 Å². The van der Waals surface area contributed by atoms with Crippen LogP contribution in [0.2, 0.25) is 0 Å². The molecule has 1 aliphatic heterocycles. The highest BCUT2D eigenvalue weighted by Crippen LogP contribution is 2.26. The minimum atomic E-state index is -0.252. The highest BCUT2D eigenvalue weighted by atomic mass is 19.1. The summed E-state index contributed by atoms with van der Waals surface area (Å²) in [7, 11) is 0. The summed E-state index contributed by atoms with van der Waals surface area (Å²) in [6.45, 7) is 2.99. The Bertz CT molecular complexity index is 373. The minimum Gasteiger partial charge on any atom is -0.328 e. The number of aryl methyl sites for hydroxylation is 1. The van der Waals surface area contributed by atoms with Gasteiger partial charge in [0.15, 0.2) is 0 Å². The Morgan fingerprint density at radius 3 is 3.12 bits per heavy atom. The molecule has 3 N–H and O–H groups in total. The SMILES string of the molecule is CC(N)CCc1ncc(F)cc1[C@H]1CCCN1. The predicted octanol–water partition coefficient (Wildman–Crippen LogP) is 1.93. The summed E-state index contributed by atoms with van der Waals surface area (Å²) >= 11 is 0. The number of halogens is 1. The molecule has 2 rings (SSSR count). The zero-order valence-corrected chi connectivity index (χ0v) is 10.2. The minimum absolute atomic E-state index is 0.159. The first-order chi connectivity index (χ1) is 8.16. The van der Waals surface area contributed by atoms with E-state index in [2.05, 4.69) is 10.3 Å². The second-order valence-electron chi connectivity index (χ2n) is 4.85. The van der Waals surface area contributed by atoms with Crippen molar-refractivity contribution in [1.29, 1.82) is 0 Å². The predicted molar refractivity (Wildman–Crippen MR) is 66.1 cm³/mol. The molecule has 0 bridgehead atoms. The van der Waals surface area contributed by atoms with E-state index in [4.69, 9.17) is 5.73 Å². The van der Waals surface area contributed by atoms with E-state index in [0.717, 1.165) is 43.5 Å². The van der Waals surface area contributed by atoms with Crippen molar-refractivity contribution in [3.63, 3.8) is 0 Å². The van der Waals surface area contributed by atoms with Gasteiger partial charge in [-0.1, -0.05) is 0 Å². The molecule has 1 aromatic rings. The molecule has 1 aliphatic rings. The molecule has 17 heavy (non-hydrogen) atoms. The molecule has 1 fully saturated rings. The zero-order chi connectivity index (χ0) is 12.3. The second kappa shape index (κ2) is 5.56. The number of hydrogen-bond acceptors (Lipinski definition) is 3. The molecule has 0 aliphatic carbocycles. The molecule has 0 spiro atoms. The lowest BCUT2D eigenvalue weighted by Crippen LogP contribution is -2.19. The van der Waals surface area contributed by atoms with Crippen molar-refractivity contribution < 1.29 is 4.39 Å². The number of nitrogens with two attached hydrogens (primary N) is 1. The van der Waals surface area contributed by atoms with Gasteiger partial charge in [0, 0.05) is 17.8 Å². The van der Waals surface area contributed by atoms with E-state index in [1.54, 1.807) is 6.07 Å². The lowest BCUT2D eigenvalue weighted by molar-refractivity contribution is 0.581. The van der Waals surface area contributed by atoms with Crippen molar-refractivity contribution in [2.75, 3.05) is 6.54 Å². The molecule has 4 heteroatoms. The molecule has 0 saturated carbocycles. The molecule has 0 radical (unpaired) electrons. The van der Waals surface area contributed by atoms with Crippen LogP contribution in [0.15, 0.2) is 12.3 Å². The summed E-state index contributed by atoms with van der Waals surface area (Å²) in [4.78, 5) is 4.22. The smallest absolute Gasteiger partial charge is 0.141 e. The Labute approximate surface area is 102 Å². The first kappa shape index (κ1) is 12.5. The van der Waals surface area contributed by atoms with E-state index in [-0.39, 0.29) is 17.9 Å². The van der Waals surface area contributed by atoms with Crippen molar-refractivity contribution >= 4 is 0 Å². The lowest BCUT2D eigenvalue weighted by atomic mass is 9.99. The fourth-order valence-electron chi connectivity index (χ4n) is 2.31. The van der Waals surface area contributed by atoms with Gasteiger partial charge in [-0.25, -0.2) is 4.39 Å². The largest absolute Gasteiger partial charge is 0.328 e. The first-order valence-electron chi connectivity index (χ1n) is 6.30. The van der Waals surface area contributed by atoms with E-state index < -0.39 is 0 Å². The van der Waals surface area contributed by atoms with Crippen LogP contribution < -0.4 is 11.1 Å². The summed E-state index contributed by atoms with van der Waals surface area (Å²) in [6, 6.07) is 2.04. The quantitative estimate of drug-likeness (QED) is 0.841. The van der Waals surface area contributed by atoms with E-state index >= 15 is 0 Å². The molecule has 0 aromatic carbocycles. The Morgan fingerprint density at radius 1 is 1.65 bits per heavy atom. The molecule has 1 unspecified atom stereocenters. The maximum absolute atomic E-state index is 13.3. The molecular weight excluding hydrogens is 217 g/mol. The van der Waals surface area contributed by atoms with Gasteiger partial charge in [0.05, 0.1) is 6.20 Å². The van der Waals surface area contributed by atoms with Crippen LogP contribution in [0.1, 0.15) is 43.5 Å². The summed E-state index contributed by atoms with van der Waals surface area (Å²) in [5, 5.41) is 3.39. The average molecular weight is 237 g/mol. The Kier molecular flexibility index (Phi) is 4.07. The summed E-state index contributed by atoms with van der Waals surface area (Å²) < 4.78 is 13.3. The molecule has 1 aromatic heterocycles. The van der Waals surface area contributed by atoms with Crippen molar-refractivity contribution in [2.24, 2.45) is 5.73 Å². The van der Waals surface area contributed by atoms with Gasteiger partial charge in [0.25, 0.3) is 0 Å². The van der Waals surface area contributed by atoms with Gasteiger partial charge in [-0.2, -0.15) is 0 Å². The standard InChI is InChI=1S/C13H20FN3/c1-9(15)4-5-13-11(7-10(14)8-17-13)12-3-2-6-16-12/h7-9,12,16H,2-6,15H2,1H3/t9?,12-/m1/s1. The zero-order valence-electron chi connectivity index (χ0n) is 10.2. The summed E-state index contributed by atoms with van der Waals surface area (Å²) in [6.07, 6.45) is 5.23. The first-order valence-corrected chi connectivity index (χ1v) is 6.30. The van der Waals surface area contributed by atoms with Crippen LogP contribution in [0.4, 0.5) is 4.39 Å². The third-order valence-electron chi connectivity index (χ3n) is 3.24. The lowest BCUT2D eigenvalue weighted by Gasteiger charge is -2.15.